The number of furan rings is 1. The van der Waals surface area contributed by atoms with Crippen molar-refractivity contribution >= 4 is 17.8 Å². The molecule has 0 amide bonds. The Labute approximate surface area is 112 Å². The van der Waals surface area contributed by atoms with E-state index in [1.165, 1.54) is 0 Å². The van der Waals surface area contributed by atoms with Gasteiger partial charge in [-0.25, -0.2) is 0 Å². The molecule has 0 saturated heterocycles. The zero-order valence-electron chi connectivity index (χ0n) is 11.4. The predicted octanol–water partition coefficient (Wildman–Crippen LogP) is 1.14. The Hall–Kier alpha value is -2.31. The molecule has 0 aliphatic rings. The van der Waals surface area contributed by atoms with E-state index in [2.05, 4.69) is 15.0 Å². The largest absolute Gasteiger partial charge is 0.467 e. The fourth-order valence-electron chi connectivity index (χ4n) is 1.63. The second kappa shape index (κ2) is 5.55. The highest BCUT2D eigenvalue weighted by molar-refractivity contribution is 5.42. The van der Waals surface area contributed by atoms with E-state index in [9.17, 15) is 0 Å². The molecule has 2 N–H and O–H groups in total. The van der Waals surface area contributed by atoms with Crippen LogP contribution in [0.2, 0.25) is 0 Å². The second-order valence-corrected chi connectivity index (χ2v) is 4.28. The molecule has 2 aromatic heterocycles. The second-order valence-electron chi connectivity index (χ2n) is 4.28. The number of nitrogen functional groups attached to an aromatic ring is 1. The minimum absolute atomic E-state index is 0.214. The summed E-state index contributed by atoms with van der Waals surface area (Å²) in [6, 6.07) is 3.77. The van der Waals surface area contributed by atoms with Crippen molar-refractivity contribution in [2.45, 2.75) is 13.5 Å². The van der Waals surface area contributed by atoms with Gasteiger partial charge in [0.2, 0.25) is 17.8 Å². The van der Waals surface area contributed by atoms with Crippen molar-refractivity contribution < 1.29 is 4.42 Å². The Kier molecular flexibility index (Phi) is 3.84. The van der Waals surface area contributed by atoms with Gasteiger partial charge in [-0.1, -0.05) is 0 Å². The normalized spacial score (nSPS) is 10.5. The van der Waals surface area contributed by atoms with Crippen molar-refractivity contribution in [3.05, 3.63) is 24.2 Å². The van der Waals surface area contributed by atoms with Gasteiger partial charge in [0.15, 0.2) is 0 Å². The van der Waals surface area contributed by atoms with Gasteiger partial charge in [-0.15, -0.1) is 0 Å². The molecule has 0 spiro atoms. The molecule has 0 saturated carbocycles. The van der Waals surface area contributed by atoms with Crippen molar-refractivity contribution in [3.63, 3.8) is 0 Å². The summed E-state index contributed by atoms with van der Waals surface area (Å²) >= 11 is 0. The van der Waals surface area contributed by atoms with Crippen molar-refractivity contribution in [1.29, 1.82) is 0 Å². The average molecular weight is 262 g/mol. The fourth-order valence-corrected chi connectivity index (χ4v) is 1.63. The maximum atomic E-state index is 5.72. The summed E-state index contributed by atoms with van der Waals surface area (Å²) in [6.45, 7) is 3.37. The Morgan fingerprint density at radius 1 is 1.21 bits per heavy atom. The lowest BCUT2D eigenvalue weighted by Gasteiger charge is -2.21. The summed E-state index contributed by atoms with van der Waals surface area (Å²) in [5.41, 5.74) is 5.72. The van der Waals surface area contributed by atoms with Gasteiger partial charge in [-0.2, -0.15) is 15.0 Å². The first-order chi connectivity index (χ1) is 9.10. The van der Waals surface area contributed by atoms with Crippen LogP contribution in [0.1, 0.15) is 12.7 Å². The van der Waals surface area contributed by atoms with Gasteiger partial charge in [-0.05, 0) is 19.1 Å². The minimum atomic E-state index is 0.214. The molecule has 0 fully saturated rings. The molecule has 2 rings (SSSR count). The SMILES string of the molecule is CCN(Cc1ccco1)c1nc(N)nc(N(C)C)n1. The van der Waals surface area contributed by atoms with Crippen molar-refractivity contribution in [2.75, 3.05) is 36.2 Å². The smallest absolute Gasteiger partial charge is 0.232 e. The first kappa shape index (κ1) is 13.1. The summed E-state index contributed by atoms with van der Waals surface area (Å²) in [7, 11) is 3.72. The molecule has 0 aromatic carbocycles. The Bertz CT molecular complexity index is 525. The summed E-state index contributed by atoms with van der Waals surface area (Å²) < 4.78 is 5.34. The van der Waals surface area contributed by atoms with Crippen molar-refractivity contribution in [1.82, 2.24) is 15.0 Å². The van der Waals surface area contributed by atoms with Crippen LogP contribution >= 0.6 is 0 Å². The lowest BCUT2D eigenvalue weighted by molar-refractivity contribution is 0.501. The highest BCUT2D eigenvalue weighted by Crippen LogP contribution is 2.16. The predicted molar refractivity (Wildman–Crippen MR) is 74.0 cm³/mol. The Morgan fingerprint density at radius 2 is 1.95 bits per heavy atom. The molecule has 2 aromatic rings. The highest BCUT2D eigenvalue weighted by Gasteiger charge is 2.13. The third-order valence-corrected chi connectivity index (χ3v) is 2.62. The zero-order valence-corrected chi connectivity index (χ0v) is 11.4. The summed E-state index contributed by atoms with van der Waals surface area (Å²) in [6.07, 6.45) is 1.65. The number of aromatic nitrogens is 3. The molecule has 7 nitrogen and oxygen atoms in total. The molecule has 0 aliphatic heterocycles. The fraction of sp³-hybridized carbons (Fsp3) is 0.417. The van der Waals surface area contributed by atoms with Gasteiger partial charge in [0.05, 0.1) is 12.8 Å². The van der Waals surface area contributed by atoms with Crippen molar-refractivity contribution in [2.24, 2.45) is 0 Å². The van der Waals surface area contributed by atoms with Gasteiger partial charge in [-0.3, -0.25) is 0 Å². The number of nitrogens with two attached hydrogens (primary N) is 1. The summed E-state index contributed by atoms with van der Waals surface area (Å²) in [4.78, 5) is 16.4. The quantitative estimate of drug-likeness (QED) is 0.864. The van der Waals surface area contributed by atoms with Gasteiger partial charge < -0.3 is 20.0 Å². The number of anilines is 3. The monoisotopic (exact) mass is 262 g/mol. The molecule has 0 unspecified atom stereocenters. The molecular formula is C12H18N6O. The molecule has 0 bridgehead atoms. The van der Waals surface area contributed by atoms with Crippen LogP contribution in [0.25, 0.3) is 0 Å². The van der Waals surface area contributed by atoms with E-state index in [1.54, 1.807) is 11.2 Å². The van der Waals surface area contributed by atoms with Crippen LogP contribution in [-0.2, 0) is 6.54 Å². The van der Waals surface area contributed by atoms with Crippen LogP contribution < -0.4 is 15.5 Å². The maximum Gasteiger partial charge on any atom is 0.232 e. The van der Waals surface area contributed by atoms with E-state index >= 15 is 0 Å². The average Bonchev–Trinajstić information content (AvgIpc) is 2.88. The highest BCUT2D eigenvalue weighted by atomic mass is 16.3. The minimum Gasteiger partial charge on any atom is -0.467 e. The van der Waals surface area contributed by atoms with Crippen molar-refractivity contribution in [3.8, 4) is 0 Å². The van der Waals surface area contributed by atoms with Gasteiger partial charge >= 0.3 is 0 Å². The molecule has 0 atom stereocenters. The third-order valence-electron chi connectivity index (χ3n) is 2.62. The maximum absolute atomic E-state index is 5.72. The molecule has 19 heavy (non-hydrogen) atoms. The van der Waals surface area contributed by atoms with E-state index in [-0.39, 0.29) is 5.95 Å². The van der Waals surface area contributed by atoms with E-state index in [0.717, 1.165) is 12.3 Å². The Morgan fingerprint density at radius 3 is 2.53 bits per heavy atom. The van der Waals surface area contributed by atoms with Crippen LogP contribution in [-0.4, -0.2) is 35.6 Å². The molecule has 7 heteroatoms. The van der Waals surface area contributed by atoms with Crippen LogP contribution in [0, 0.1) is 0 Å². The van der Waals surface area contributed by atoms with E-state index < -0.39 is 0 Å². The molecule has 0 aliphatic carbocycles. The van der Waals surface area contributed by atoms with E-state index in [4.69, 9.17) is 10.2 Å². The molecule has 102 valence electrons. The first-order valence-electron chi connectivity index (χ1n) is 6.06. The van der Waals surface area contributed by atoms with E-state index in [1.807, 2.05) is 38.1 Å². The topological polar surface area (TPSA) is 84.3 Å². The molecular weight excluding hydrogens is 244 g/mol. The Balaban J connectivity index is 2.27. The number of hydrogen-bond donors (Lipinski definition) is 1. The first-order valence-corrected chi connectivity index (χ1v) is 6.06. The number of hydrogen-bond acceptors (Lipinski definition) is 7. The number of nitrogens with zero attached hydrogens (tertiary/aromatic N) is 5. The summed E-state index contributed by atoms with van der Waals surface area (Å²) in [5, 5.41) is 0. The lowest BCUT2D eigenvalue weighted by Crippen LogP contribution is -2.26. The van der Waals surface area contributed by atoms with Crippen LogP contribution in [0.3, 0.4) is 0 Å². The van der Waals surface area contributed by atoms with Gasteiger partial charge in [0.25, 0.3) is 0 Å². The van der Waals surface area contributed by atoms with E-state index in [0.29, 0.717) is 18.4 Å². The standard InChI is InChI=1S/C12H18N6O/c1-4-18(8-9-6-5-7-19-9)12-15-10(13)14-11(16-12)17(2)3/h5-7H,4,8H2,1-3H3,(H2,13,14,15,16). The number of rotatable bonds is 5. The van der Waals surface area contributed by atoms with Gasteiger partial charge in [0.1, 0.15) is 5.76 Å². The molecule has 2 heterocycles. The van der Waals surface area contributed by atoms with Gasteiger partial charge in [0, 0.05) is 20.6 Å². The zero-order chi connectivity index (χ0) is 13.8. The lowest BCUT2D eigenvalue weighted by atomic mass is 10.4. The van der Waals surface area contributed by atoms with Crippen LogP contribution in [0.15, 0.2) is 22.8 Å². The molecule has 0 radical (unpaired) electrons. The third kappa shape index (κ3) is 3.12. The summed E-state index contributed by atoms with van der Waals surface area (Å²) in [5.74, 6) is 2.16. The van der Waals surface area contributed by atoms with Crippen LogP contribution in [0.5, 0.6) is 0 Å². The van der Waals surface area contributed by atoms with Crippen LogP contribution in [0.4, 0.5) is 17.8 Å².